The minimum atomic E-state index is -0.836. The van der Waals surface area contributed by atoms with Gasteiger partial charge in [-0.25, -0.2) is 0 Å². The molecule has 0 unspecified atom stereocenters. The predicted octanol–water partition coefficient (Wildman–Crippen LogP) is 2.87. The lowest BCUT2D eigenvalue weighted by atomic mass is 10.1. The summed E-state index contributed by atoms with van der Waals surface area (Å²) in [6.07, 6.45) is 1.86. The van der Waals surface area contributed by atoms with E-state index < -0.39 is 8.80 Å². The summed E-state index contributed by atoms with van der Waals surface area (Å²) in [4.78, 5) is 0. The third kappa shape index (κ3) is 4.28. The smallest absolute Gasteiger partial charge is 0.0758 e. The molecule has 0 saturated carbocycles. The molecule has 0 aliphatic rings. The maximum atomic E-state index is 8.82. The maximum absolute atomic E-state index is 8.82. The number of rotatable bonds is 6. The Balaban J connectivity index is 2.77. The number of aliphatic hydroxyl groups is 1. The van der Waals surface area contributed by atoms with E-state index in [0.29, 0.717) is 0 Å². The van der Waals surface area contributed by atoms with Gasteiger partial charge in [0.2, 0.25) is 0 Å². The molecule has 0 amide bonds. The van der Waals surface area contributed by atoms with Crippen molar-refractivity contribution >= 4 is 14.0 Å². The summed E-state index contributed by atoms with van der Waals surface area (Å²) in [5.41, 5.74) is 2.99. The molecule has 0 aliphatic heterocycles. The normalized spacial score (nSPS) is 11.8. The van der Waals surface area contributed by atoms with Gasteiger partial charge >= 0.3 is 0 Å². The van der Waals surface area contributed by atoms with E-state index in [1.54, 1.807) is 5.19 Å². The molecule has 0 aliphatic carbocycles. The molecule has 1 N–H and O–H groups in total. The quantitative estimate of drug-likeness (QED) is 0.770. The second-order valence-electron chi connectivity index (χ2n) is 5.58. The Morgan fingerprint density at radius 2 is 1.53 bits per heavy atom. The molecule has 0 heterocycles. The minimum absolute atomic E-state index is 0.289. The van der Waals surface area contributed by atoms with Crippen LogP contribution in [0.3, 0.4) is 0 Å². The van der Waals surface area contributed by atoms with Crippen LogP contribution in [0.15, 0.2) is 24.3 Å². The Labute approximate surface area is 107 Å². The molecule has 1 aromatic rings. The fourth-order valence-corrected chi connectivity index (χ4v) is 6.45. The van der Waals surface area contributed by atoms with Crippen molar-refractivity contribution < 1.29 is 5.11 Å². The van der Waals surface area contributed by atoms with Crippen LogP contribution in [0.2, 0.25) is 11.1 Å². The van der Waals surface area contributed by atoms with Crippen LogP contribution in [-0.4, -0.2) is 20.5 Å². The Morgan fingerprint density at radius 1 is 1.00 bits per heavy atom. The van der Waals surface area contributed by atoms with Gasteiger partial charge in [0.05, 0.1) is 8.80 Å². The molecule has 0 aromatic heterocycles. The van der Waals surface area contributed by atoms with E-state index in [4.69, 9.17) is 5.11 Å². The number of hydrogen-bond donors (Lipinski definition) is 1. The van der Waals surface area contributed by atoms with Gasteiger partial charge in [0.25, 0.3) is 0 Å². The molecule has 0 saturated heterocycles. The summed E-state index contributed by atoms with van der Waals surface area (Å²) >= 11 is 0. The fourth-order valence-electron chi connectivity index (χ4n) is 2.73. The first-order valence-corrected chi connectivity index (χ1v) is 8.67. The van der Waals surface area contributed by atoms with Gasteiger partial charge in [-0.05, 0) is 29.5 Å². The van der Waals surface area contributed by atoms with Crippen LogP contribution in [0.5, 0.6) is 0 Å². The summed E-state index contributed by atoms with van der Waals surface area (Å²) in [7, 11) is -0.836. The van der Waals surface area contributed by atoms with Crippen LogP contribution < -0.4 is 5.19 Å². The molecular formula is C15H26OSi. The molecule has 17 heavy (non-hydrogen) atoms. The number of benzene rings is 1. The average Bonchev–Trinajstić information content (AvgIpc) is 2.27. The summed E-state index contributed by atoms with van der Waals surface area (Å²) in [5, 5.41) is 10.4. The summed E-state index contributed by atoms with van der Waals surface area (Å²) in [6, 6.07) is 9.14. The zero-order valence-corrected chi connectivity index (χ0v) is 12.8. The first-order chi connectivity index (χ1) is 8.06. The molecule has 0 radical (unpaired) electrons. The van der Waals surface area contributed by atoms with Crippen molar-refractivity contribution in [1.29, 1.82) is 0 Å². The molecule has 0 fully saturated rings. The van der Waals surface area contributed by atoms with E-state index in [-0.39, 0.29) is 6.61 Å². The van der Waals surface area contributed by atoms with Crippen LogP contribution >= 0.6 is 0 Å². The van der Waals surface area contributed by atoms with E-state index in [9.17, 15) is 0 Å². The molecule has 1 nitrogen and oxygen atoms in total. The van der Waals surface area contributed by atoms with Crippen molar-refractivity contribution in [1.82, 2.24) is 0 Å². The van der Waals surface area contributed by atoms with Crippen LogP contribution in [0.25, 0.3) is 0 Å². The number of aliphatic hydroxyl groups excluding tert-OH is 1. The molecule has 96 valence electrons. The second kappa shape index (κ2) is 6.97. The van der Waals surface area contributed by atoms with Crippen molar-refractivity contribution in [2.24, 2.45) is 0 Å². The van der Waals surface area contributed by atoms with Gasteiger partial charge in [-0.1, -0.05) is 57.1 Å². The lowest BCUT2D eigenvalue weighted by molar-refractivity contribution is 0.288. The van der Waals surface area contributed by atoms with Gasteiger partial charge in [-0.2, -0.15) is 0 Å². The Morgan fingerprint density at radius 3 is 1.94 bits per heavy atom. The molecule has 2 heteroatoms. The van der Waals surface area contributed by atoms with E-state index in [2.05, 4.69) is 52.0 Å². The Kier molecular flexibility index (Phi) is 5.93. The highest BCUT2D eigenvalue weighted by atomic mass is 28.3. The predicted molar refractivity (Wildman–Crippen MR) is 78.8 cm³/mol. The maximum Gasteiger partial charge on any atom is 0.0758 e. The zero-order chi connectivity index (χ0) is 12.8. The standard InChI is InChI=1S/C15H26OSi/c1-12(2)17(13(3)4)15-9-7-14(8-10-15)6-5-11-16/h7-10,12-13,16-17H,5-6,11H2,1-4H3. The van der Waals surface area contributed by atoms with Gasteiger partial charge in [-0.15, -0.1) is 0 Å². The van der Waals surface area contributed by atoms with Crippen LogP contribution in [-0.2, 0) is 6.42 Å². The van der Waals surface area contributed by atoms with Gasteiger partial charge < -0.3 is 5.11 Å². The highest BCUT2D eigenvalue weighted by Gasteiger charge is 2.21. The third-order valence-electron chi connectivity index (χ3n) is 3.42. The summed E-state index contributed by atoms with van der Waals surface area (Å²) < 4.78 is 0. The largest absolute Gasteiger partial charge is 0.396 e. The van der Waals surface area contributed by atoms with Gasteiger partial charge in [0, 0.05) is 6.61 Å². The summed E-state index contributed by atoms with van der Waals surface area (Å²) in [6.45, 7) is 9.72. The van der Waals surface area contributed by atoms with Crippen molar-refractivity contribution in [2.45, 2.75) is 51.6 Å². The van der Waals surface area contributed by atoms with Crippen molar-refractivity contribution in [3.05, 3.63) is 29.8 Å². The zero-order valence-electron chi connectivity index (χ0n) is 11.6. The highest BCUT2D eigenvalue weighted by Crippen LogP contribution is 2.20. The number of hydrogen-bond acceptors (Lipinski definition) is 1. The molecule has 1 rings (SSSR count). The molecule has 0 spiro atoms. The minimum Gasteiger partial charge on any atom is -0.396 e. The molecular weight excluding hydrogens is 224 g/mol. The van der Waals surface area contributed by atoms with Crippen molar-refractivity contribution in [2.75, 3.05) is 6.61 Å². The van der Waals surface area contributed by atoms with Crippen molar-refractivity contribution in [3.8, 4) is 0 Å². The average molecular weight is 250 g/mol. The fraction of sp³-hybridized carbons (Fsp3) is 0.600. The van der Waals surface area contributed by atoms with Crippen LogP contribution in [0.4, 0.5) is 0 Å². The second-order valence-corrected chi connectivity index (χ2v) is 9.97. The monoisotopic (exact) mass is 250 g/mol. The SMILES string of the molecule is CC(C)[SiH](c1ccc(CCCO)cc1)C(C)C. The van der Waals surface area contributed by atoms with E-state index >= 15 is 0 Å². The lowest BCUT2D eigenvalue weighted by Crippen LogP contribution is -2.35. The summed E-state index contributed by atoms with van der Waals surface area (Å²) in [5.74, 6) is 0. The third-order valence-corrected chi connectivity index (χ3v) is 7.45. The Bertz CT molecular complexity index is 308. The van der Waals surface area contributed by atoms with Gasteiger partial charge in [0.15, 0.2) is 0 Å². The van der Waals surface area contributed by atoms with E-state index in [0.717, 1.165) is 23.9 Å². The van der Waals surface area contributed by atoms with Crippen molar-refractivity contribution in [3.63, 3.8) is 0 Å². The molecule has 0 bridgehead atoms. The van der Waals surface area contributed by atoms with Crippen LogP contribution in [0.1, 0.15) is 39.7 Å². The topological polar surface area (TPSA) is 20.2 Å². The molecule has 0 atom stereocenters. The Hall–Kier alpha value is -0.603. The van der Waals surface area contributed by atoms with Gasteiger partial charge in [0.1, 0.15) is 0 Å². The number of aryl methyl sites for hydroxylation is 1. The van der Waals surface area contributed by atoms with Crippen LogP contribution in [0, 0.1) is 0 Å². The highest BCUT2D eigenvalue weighted by molar-refractivity contribution is 6.75. The lowest BCUT2D eigenvalue weighted by Gasteiger charge is -2.23. The van der Waals surface area contributed by atoms with E-state index in [1.807, 2.05) is 0 Å². The first kappa shape index (κ1) is 14.5. The first-order valence-electron chi connectivity index (χ1n) is 6.76. The van der Waals surface area contributed by atoms with Gasteiger partial charge in [-0.3, -0.25) is 0 Å². The van der Waals surface area contributed by atoms with E-state index in [1.165, 1.54) is 5.56 Å². The molecule has 1 aromatic carbocycles.